The van der Waals surface area contributed by atoms with Gasteiger partial charge < -0.3 is 9.64 Å². The van der Waals surface area contributed by atoms with Gasteiger partial charge in [0.15, 0.2) is 5.37 Å². The maximum atomic E-state index is 12.5. The smallest absolute Gasteiger partial charge is 0.339 e. The van der Waals surface area contributed by atoms with Crippen molar-refractivity contribution in [3.8, 4) is 0 Å². The molecule has 0 saturated carbocycles. The highest BCUT2D eigenvalue weighted by Gasteiger charge is 2.42. The highest BCUT2D eigenvalue weighted by atomic mass is 32.2. The molecule has 1 atom stereocenters. The van der Waals surface area contributed by atoms with E-state index in [9.17, 15) is 14.4 Å². The van der Waals surface area contributed by atoms with E-state index in [-0.39, 0.29) is 6.61 Å². The number of ketones is 1. The first-order chi connectivity index (χ1) is 13.8. The maximum absolute atomic E-state index is 12.5. The van der Waals surface area contributed by atoms with Gasteiger partial charge in [0, 0.05) is 30.1 Å². The average Bonchev–Trinajstić information content (AvgIpc) is 3.21. The summed E-state index contributed by atoms with van der Waals surface area (Å²) >= 11 is 1.35. The van der Waals surface area contributed by atoms with Crippen molar-refractivity contribution in [1.82, 2.24) is 9.88 Å². The molecule has 1 unspecified atom stereocenters. The summed E-state index contributed by atoms with van der Waals surface area (Å²) in [5.74, 6) is -0.855. The topological polar surface area (TPSA) is 76.6 Å². The van der Waals surface area contributed by atoms with Gasteiger partial charge in [-0.1, -0.05) is 47.1 Å². The first kappa shape index (κ1) is 25.1. The Kier molecular flexibility index (Phi) is 10.9. The van der Waals surface area contributed by atoms with Crippen LogP contribution in [-0.4, -0.2) is 51.8 Å². The van der Waals surface area contributed by atoms with Crippen LogP contribution in [0.25, 0.3) is 0 Å². The quantitative estimate of drug-likeness (QED) is 0.359. The van der Waals surface area contributed by atoms with Gasteiger partial charge >= 0.3 is 5.97 Å². The summed E-state index contributed by atoms with van der Waals surface area (Å²) in [5.41, 5.74) is 0.366. The lowest BCUT2D eigenvalue weighted by atomic mass is 9.84. The number of esters is 1. The SMILES string of the molecule is CCC.CCC(C)(C)C(=O)C(=O)N1CCSC1C(=O)OCCCc1cccnc1. The first-order valence-corrected chi connectivity index (χ1v) is 11.4. The van der Waals surface area contributed by atoms with Gasteiger partial charge in [0.2, 0.25) is 5.78 Å². The molecule has 0 bridgehead atoms. The molecule has 6 nitrogen and oxygen atoms in total. The molecule has 0 radical (unpaired) electrons. The van der Waals surface area contributed by atoms with Crippen LogP contribution in [0.2, 0.25) is 0 Å². The predicted molar refractivity (Wildman–Crippen MR) is 117 cm³/mol. The molecule has 1 amide bonds. The van der Waals surface area contributed by atoms with Crippen LogP contribution in [0.1, 0.15) is 59.4 Å². The van der Waals surface area contributed by atoms with E-state index in [4.69, 9.17) is 4.74 Å². The number of hydrogen-bond donors (Lipinski definition) is 0. The summed E-state index contributed by atoms with van der Waals surface area (Å²) in [6.07, 6.45) is 6.78. The molecule has 0 spiro atoms. The molecule has 0 aromatic carbocycles. The zero-order valence-electron chi connectivity index (χ0n) is 18.3. The van der Waals surface area contributed by atoms with Crippen molar-refractivity contribution >= 4 is 29.4 Å². The molecule has 1 aliphatic rings. The number of aromatic nitrogens is 1. The lowest BCUT2D eigenvalue weighted by Crippen LogP contribution is -2.47. The molecule has 1 aromatic rings. The Balaban J connectivity index is 0.00000132. The molecule has 2 rings (SSSR count). The van der Waals surface area contributed by atoms with Crippen molar-refractivity contribution in [2.45, 2.75) is 65.7 Å². The number of rotatable bonds is 8. The lowest BCUT2D eigenvalue weighted by Gasteiger charge is -2.26. The molecule has 0 N–H and O–H groups in total. The summed E-state index contributed by atoms with van der Waals surface area (Å²) in [6.45, 7) is 10.3. The van der Waals surface area contributed by atoms with Crippen LogP contribution in [0.3, 0.4) is 0 Å². The third-order valence-corrected chi connectivity index (χ3v) is 5.80. The normalized spacial score (nSPS) is 16.0. The summed E-state index contributed by atoms with van der Waals surface area (Å²) in [4.78, 5) is 42.7. The number of aryl methyl sites for hydroxylation is 1. The van der Waals surface area contributed by atoms with E-state index in [2.05, 4.69) is 18.8 Å². The minimum Gasteiger partial charge on any atom is -0.464 e. The van der Waals surface area contributed by atoms with Gasteiger partial charge in [-0.3, -0.25) is 14.6 Å². The predicted octanol–water partition coefficient (Wildman–Crippen LogP) is 3.88. The van der Waals surface area contributed by atoms with E-state index in [1.165, 1.54) is 23.1 Å². The Labute approximate surface area is 178 Å². The third-order valence-electron chi connectivity index (χ3n) is 4.62. The highest BCUT2D eigenvalue weighted by molar-refractivity contribution is 8.00. The number of nitrogens with zero attached hydrogens (tertiary/aromatic N) is 2. The fraction of sp³-hybridized carbons (Fsp3) is 0.636. The highest BCUT2D eigenvalue weighted by Crippen LogP contribution is 2.28. The first-order valence-electron chi connectivity index (χ1n) is 10.3. The molecule has 1 fully saturated rings. The zero-order chi connectivity index (χ0) is 21.9. The van der Waals surface area contributed by atoms with Crippen LogP contribution in [0.5, 0.6) is 0 Å². The van der Waals surface area contributed by atoms with Gasteiger partial charge in [-0.2, -0.15) is 0 Å². The lowest BCUT2D eigenvalue weighted by molar-refractivity contribution is -0.155. The second kappa shape index (κ2) is 12.6. The number of thioether (sulfide) groups is 1. The fourth-order valence-corrected chi connectivity index (χ4v) is 3.63. The number of Topliss-reactive ketones (excluding diaryl/α,β-unsaturated/α-hetero) is 1. The van der Waals surface area contributed by atoms with E-state index in [0.29, 0.717) is 25.1 Å². The van der Waals surface area contributed by atoms with Gasteiger partial charge in [-0.25, -0.2) is 4.79 Å². The van der Waals surface area contributed by atoms with Crippen LogP contribution in [0.15, 0.2) is 24.5 Å². The Morgan fingerprint density at radius 2 is 1.97 bits per heavy atom. The van der Waals surface area contributed by atoms with Crippen LogP contribution >= 0.6 is 11.8 Å². The molecule has 7 heteroatoms. The number of carbonyl (C=O) groups is 3. The van der Waals surface area contributed by atoms with Crippen LogP contribution < -0.4 is 0 Å². The second-order valence-corrected chi connectivity index (χ2v) is 8.82. The van der Waals surface area contributed by atoms with Crippen molar-refractivity contribution in [1.29, 1.82) is 0 Å². The number of carbonyl (C=O) groups excluding carboxylic acids is 3. The summed E-state index contributed by atoms with van der Waals surface area (Å²) < 4.78 is 5.33. The van der Waals surface area contributed by atoms with Crippen molar-refractivity contribution < 1.29 is 19.1 Å². The number of hydrogen-bond acceptors (Lipinski definition) is 6. The Morgan fingerprint density at radius 1 is 1.28 bits per heavy atom. The molecule has 0 aliphatic carbocycles. The van der Waals surface area contributed by atoms with Crippen molar-refractivity contribution in [3.05, 3.63) is 30.1 Å². The van der Waals surface area contributed by atoms with Gasteiger partial charge in [0.1, 0.15) is 0 Å². The molecule has 1 aromatic heterocycles. The Bertz CT molecular complexity index is 664. The molecule has 29 heavy (non-hydrogen) atoms. The van der Waals surface area contributed by atoms with E-state index < -0.39 is 28.4 Å². The summed E-state index contributed by atoms with van der Waals surface area (Å²) in [5, 5.41) is -0.725. The fourth-order valence-electron chi connectivity index (χ4n) is 2.52. The minimum atomic E-state index is -0.725. The molecular formula is C22H34N2O4S. The third kappa shape index (κ3) is 7.80. The van der Waals surface area contributed by atoms with Crippen LogP contribution in [-0.2, 0) is 25.5 Å². The monoisotopic (exact) mass is 422 g/mol. The maximum Gasteiger partial charge on any atom is 0.339 e. The van der Waals surface area contributed by atoms with Gasteiger partial charge in [0.05, 0.1) is 6.61 Å². The molecule has 162 valence electrons. The van der Waals surface area contributed by atoms with Gasteiger partial charge in [0.25, 0.3) is 5.91 Å². The minimum absolute atomic E-state index is 0.279. The van der Waals surface area contributed by atoms with E-state index in [0.717, 1.165) is 12.0 Å². The number of amides is 1. The van der Waals surface area contributed by atoms with E-state index >= 15 is 0 Å². The van der Waals surface area contributed by atoms with Crippen LogP contribution in [0, 0.1) is 5.41 Å². The molecular weight excluding hydrogens is 388 g/mol. The summed E-state index contributed by atoms with van der Waals surface area (Å²) in [6, 6.07) is 3.85. The standard InChI is InChI=1S/C19H26N2O4S.C3H8/c1-4-19(2,3)15(22)16(23)21-10-12-26-17(21)18(24)25-11-6-8-14-7-5-9-20-13-14;1-3-2/h5,7,9,13,17H,4,6,8,10-12H2,1-3H3;3H2,1-2H3. The Morgan fingerprint density at radius 3 is 2.55 bits per heavy atom. The number of ether oxygens (including phenoxy) is 1. The Hall–Kier alpha value is -1.89. The van der Waals surface area contributed by atoms with E-state index in [1.807, 2.05) is 19.1 Å². The second-order valence-electron chi connectivity index (χ2n) is 7.63. The van der Waals surface area contributed by atoms with Crippen molar-refractivity contribution in [3.63, 3.8) is 0 Å². The molecule has 1 aliphatic heterocycles. The van der Waals surface area contributed by atoms with Crippen LogP contribution in [0.4, 0.5) is 0 Å². The summed E-state index contributed by atoms with van der Waals surface area (Å²) in [7, 11) is 0. The van der Waals surface area contributed by atoms with Crippen molar-refractivity contribution in [2.24, 2.45) is 5.41 Å². The zero-order valence-corrected chi connectivity index (χ0v) is 19.1. The number of pyridine rings is 1. The van der Waals surface area contributed by atoms with Gasteiger partial charge in [-0.05, 0) is 30.9 Å². The van der Waals surface area contributed by atoms with Crippen molar-refractivity contribution in [2.75, 3.05) is 18.9 Å². The molecule has 2 heterocycles. The largest absolute Gasteiger partial charge is 0.464 e. The van der Waals surface area contributed by atoms with E-state index in [1.54, 1.807) is 26.2 Å². The van der Waals surface area contributed by atoms with Gasteiger partial charge in [-0.15, -0.1) is 11.8 Å². The average molecular weight is 423 g/mol. The molecule has 1 saturated heterocycles.